The highest BCUT2D eigenvalue weighted by Crippen LogP contribution is 2.27. The molecule has 0 radical (unpaired) electrons. The van der Waals surface area contributed by atoms with E-state index in [4.69, 9.17) is 4.84 Å². The minimum absolute atomic E-state index is 0.193. The van der Waals surface area contributed by atoms with E-state index in [9.17, 15) is 9.18 Å². The van der Waals surface area contributed by atoms with Gasteiger partial charge in [-0.25, -0.2) is 4.39 Å². The third-order valence-corrected chi connectivity index (χ3v) is 3.57. The van der Waals surface area contributed by atoms with Crippen molar-refractivity contribution in [3.8, 4) is 0 Å². The van der Waals surface area contributed by atoms with Gasteiger partial charge < -0.3 is 15.1 Å². The van der Waals surface area contributed by atoms with Crippen molar-refractivity contribution in [2.24, 2.45) is 5.16 Å². The van der Waals surface area contributed by atoms with Crippen molar-refractivity contribution in [2.75, 3.05) is 27.2 Å². The van der Waals surface area contributed by atoms with E-state index in [1.54, 1.807) is 19.1 Å². The van der Waals surface area contributed by atoms with Crippen molar-refractivity contribution in [3.63, 3.8) is 0 Å². The molecule has 1 aromatic carbocycles. The summed E-state index contributed by atoms with van der Waals surface area (Å²) in [6.07, 6.45) is 1.20. The highest BCUT2D eigenvalue weighted by Gasteiger charge is 2.42. The third kappa shape index (κ3) is 4.04. The van der Waals surface area contributed by atoms with Crippen molar-refractivity contribution < 1.29 is 14.0 Å². The number of nitrogens with zero attached hydrogens (tertiary/aromatic N) is 2. The number of benzene rings is 1. The molecule has 0 saturated heterocycles. The molecule has 0 unspecified atom stereocenters. The van der Waals surface area contributed by atoms with E-state index in [0.717, 1.165) is 13.0 Å². The number of rotatable bonds is 6. The highest BCUT2D eigenvalue weighted by atomic mass is 19.1. The molecule has 22 heavy (non-hydrogen) atoms. The van der Waals surface area contributed by atoms with Crippen molar-refractivity contribution in [1.82, 2.24) is 10.2 Å². The lowest BCUT2D eigenvalue weighted by atomic mass is 9.95. The number of halogens is 1. The Bertz CT molecular complexity index is 574. The molecule has 1 aliphatic heterocycles. The summed E-state index contributed by atoms with van der Waals surface area (Å²) >= 11 is 0. The van der Waals surface area contributed by atoms with Crippen LogP contribution in [0, 0.1) is 5.82 Å². The molecule has 5 nitrogen and oxygen atoms in total. The molecule has 6 heteroatoms. The molecule has 0 bridgehead atoms. The van der Waals surface area contributed by atoms with Gasteiger partial charge in [0, 0.05) is 18.5 Å². The first-order chi connectivity index (χ1) is 10.4. The van der Waals surface area contributed by atoms with E-state index in [1.807, 2.05) is 14.1 Å². The van der Waals surface area contributed by atoms with Gasteiger partial charge in [-0.1, -0.05) is 17.3 Å². The molecule has 120 valence electrons. The molecule has 1 N–H and O–H groups in total. The van der Waals surface area contributed by atoms with Crippen LogP contribution in [0.5, 0.6) is 0 Å². The standard InChI is InChI=1S/C16H22FN3O2/c1-16(15(21)18-8-5-9-20(2)3)11-14(19-22-16)12-6-4-7-13(17)10-12/h4,6-7,10H,5,8-9,11H2,1-3H3,(H,18,21)/t16-/m0/s1. The second-order valence-corrected chi connectivity index (χ2v) is 5.96. The van der Waals surface area contributed by atoms with E-state index >= 15 is 0 Å². The van der Waals surface area contributed by atoms with E-state index in [-0.39, 0.29) is 11.7 Å². The fourth-order valence-electron chi connectivity index (χ4n) is 2.27. The number of nitrogens with one attached hydrogen (secondary N) is 1. The van der Waals surface area contributed by atoms with Gasteiger partial charge in [0.25, 0.3) is 5.91 Å². The Morgan fingerprint density at radius 1 is 1.50 bits per heavy atom. The van der Waals surface area contributed by atoms with Gasteiger partial charge in [0.05, 0.1) is 5.71 Å². The second-order valence-electron chi connectivity index (χ2n) is 5.96. The van der Waals surface area contributed by atoms with Crippen LogP contribution < -0.4 is 5.32 Å². The fraction of sp³-hybridized carbons (Fsp3) is 0.500. The van der Waals surface area contributed by atoms with Gasteiger partial charge in [-0.2, -0.15) is 0 Å². The first-order valence-electron chi connectivity index (χ1n) is 7.35. The zero-order valence-electron chi connectivity index (χ0n) is 13.2. The number of carbonyl (C=O) groups excluding carboxylic acids is 1. The Hall–Kier alpha value is -1.95. The normalized spacial score (nSPS) is 20.7. The van der Waals surface area contributed by atoms with Crippen LogP contribution in [0.4, 0.5) is 4.39 Å². The molecule has 1 atom stereocenters. The van der Waals surface area contributed by atoms with Crippen LogP contribution in [0.25, 0.3) is 0 Å². The zero-order chi connectivity index (χ0) is 16.2. The van der Waals surface area contributed by atoms with Crippen LogP contribution in [-0.4, -0.2) is 49.3 Å². The number of hydrogen-bond acceptors (Lipinski definition) is 4. The number of carbonyl (C=O) groups is 1. The molecule has 0 saturated carbocycles. The van der Waals surface area contributed by atoms with Crippen molar-refractivity contribution in [2.45, 2.75) is 25.4 Å². The van der Waals surface area contributed by atoms with Gasteiger partial charge in [-0.15, -0.1) is 0 Å². The Morgan fingerprint density at radius 2 is 2.27 bits per heavy atom. The summed E-state index contributed by atoms with van der Waals surface area (Å²) in [5.74, 6) is -0.525. The van der Waals surface area contributed by atoms with E-state index < -0.39 is 5.60 Å². The van der Waals surface area contributed by atoms with Crippen molar-refractivity contribution in [3.05, 3.63) is 35.6 Å². The summed E-state index contributed by atoms with van der Waals surface area (Å²) in [6, 6.07) is 6.13. The average molecular weight is 307 g/mol. The van der Waals surface area contributed by atoms with Crippen LogP contribution in [0.15, 0.2) is 29.4 Å². The first kappa shape index (κ1) is 16.4. The maximum absolute atomic E-state index is 13.3. The lowest BCUT2D eigenvalue weighted by Crippen LogP contribution is -2.45. The minimum atomic E-state index is -1.03. The Morgan fingerprint density at radius 3 is 2.95 bits per heavy atom. The molecule has 2 rings (SSSR count). The van der Waals surface area contributed by atoms with Crippen LogP contribution in [-0.2, 0) is 9.63 Å². The van der Waals surface area contributed by atoms with Crippen LogP contribution in [0.3, 0.4) is 0 Å². The summed E-state index contributed by atoms with van der Waals surface area (Å²) in [5, 5.41) is 6.82. The number of amides is 1. The molecule has 1 heterocycles. The molecule has 1 aromatic rings. The van der Waals surface area contributed by atoms with Crippen LogP contribution >= 0.6 is 0 Å². The Kier molecular flexibility index (Phi) is 5.13. The fourth-order valence-corrected chi connectivity index (χ4v) is 2.27. The molecule has 1 amide bonds. The number of oxime groups is 1. The second kappa shape index (κ2) is 6.87. The molecule has 1 aliphatic rings. The zero-order valence-corrected chi connectivity index (χ0v) is 13.2. The first-order valence-corrected chi connectivity index (χ1v) is 7.35. The Balaban J connectivity index is 1.90. The molecular weight excluding hydrogens is 285 g/mol. The quantitative estimate of drug-likeness (QED) is 0.815. The summed E-state index contributed by atoms with van der Waals surface area (Å²) in [6.45, 7) is 3.19. The van der Waals surface area contributed by atoms with Gasteiger partial charge in [0.1, 0.15) is 5.82 Å². The summed E-state index contributed by atoms with van der Waals surface area (Å²) in [4.78, 5) is 19.6. The highest BCUT2D eigenvalue weighted by molar-refractivity contribution is 6.05. The van der Waals surface area contributed by atoms with Crippen molar-refractivity contribution in [1.29, 1.82) is 0 Å². The summed E-state index contributed by atoms with van der Waals surface area (Å²) < 4.78 is 13.3. The molecule has 0 fully saturated rings. The summed E-state index contributed by atoms with van der Waals surface area (Å²) in [7, 11) is 3.98. The van der Waals surface area contributed by atoms with Gasteiger partial charge in [0.15, 0.2) is 0 Å². The lowest BCUT2D eigenvalue weighted by Gasteiger charge is -2.20. The van der Waals surface area contributed by atoms with E-state index in [1.165, 1.54) is 12.1 Å². The van der Waals surface area contributed by atoms with Gasteiger partial charge in [-0.05, 0) is 46.1 Å². The summed E-state index contributed by atoms with van der Waals surface area (Å²) in [5.41, 5.74) is 0.203. The van der Waals surface area contributed by atoms with E-state index in [2.05, 4.69) is 15.4 Å². The monoisotopic (exact) mass is 307 g/mol. The molecular formula is C16H22FN3O2. The maximum atomic E-state index is 13.3. The van der Waals surface area contributed by atoms with Gasteiger partial charge >= 0.3 is 0 Å². The smallest absolute Gasteiger partial charge is 0.267 e. The number of hydrogen-bond donors (Lipinski definition) is 1. The van der Waals surface area contributed by atoms with Crippen molar-refractivity contribution >= 4 is 11.6 Å². The molecule has 0 aliphatic carbocycles. The van der Waals surface area contributed by atoms with Gasteiger partial charge in [-0.3, -0.25) is 4.79 Å². The maximum Gasteiger partial charge on any atom is 0.267 e. The topological polar surface area (TPSA) is 53.9 Å². The lowest BCUT2D eigenvalue weighted by molar-refractivity contribution is -0.141. The Labute approximate surface area is 130 Å². The van der Waals surface area contributed by atoms with E-state index in [0.29, 0.717) is 24.2 Å². The molecule has 0 spiro atoms. The predicted molar refractivity (Wildman–Crippen MR) is 83.2 cm³/mol. The SMILES string of the molecule is CN(C)CCCNC(=O)[C@]1(C)CC(c2cccc(F)c2)=NO1. The van der Waals surface area contributed by atoms with Crippen LogP contribution in [0.2, 0.25) is 0 Å². The predicted octanol–water partition coefficient (Wildman–Crippen LogP) is 1.78. The largest absolute Gasteiger partial charge is 0.379 e. The molecule has 0 aromatic heterocycles. The average Bonchev–Trinajstić information content (AvgIpc) is 2.87. The van der Waals surface area contributed by atoms with Crippen LogP contribution in [0.1, 0.15) is 25.3 Å². The van der Waals surface area contributed by atoms with Gasteiger partial charge in [0.2, 0.25) is 5.60 Å². The minimum Gasteiger partial charge on any atom is -0.379 e. The third-order valence-electron chi connectivity index (χ3n) is 3.57.